The standard InChI is InChI=1S/C17H25NO3/c1-2-12-21-15-8-6-14(7-9-15)16(19)18-13-17(20)10-4-3-5-11-17/h6-9,20H,2-5,10-13H2,1H3,(H,18,19). The number of aliphatic hydroxyl groups is 1. The predicted octanol–water partition coefficient (Wildman–Crippen LogP) is 2.90. The van der Waals surface area contributed by atoms with Gasteiger partial charge in [0.05, 0.1) is 12.2 Å². The minimum Gasteiger partial charge on any atom is -0.494 e. The zero-order valence-corrected chi connectivity index (χ0v) is 12.7. The van der Waals surface area contributed by atoms with Gasteiger partial charge in [0.15, 0.2) is 0 Å². The number of amides is 1. The first-order valence-electron chi connectivity index (χ1n) is 7.86. The van der Waals surface area contributed by atoms with Gasteiger partial charge in [0.2, 0.25) is 0 Å². The Morgan fingerprint density at radius 3 is 2.52 bits per heavy atom. The van der Waals surface area contributed by atoms with Gasteiger partial charge in [-0.25, -0.2) is 0 Å². The minimum atomic E-state index is -0.724. The van der Waals surface area contributed by atoms with Crippen molar-refractivity contribution in [3.8, 4) is 5.75 Å². The Kier molecular flexibility index (Phi) is 5.62. The summed E-state index contributed by atoms with van der Waals surface area (Å²) in [5.41, 5.74) is -0.129. The minimum absolute atomic E-state index is 0.143. The third kappa shape index (κ3) is 4.74. The van der Waals surface area contributed by atoms with Crippen LogP contribution in [0.1, 0.15) is 55.8 Å². The number of rotatable bonds is 6. The van der Waals surface area contributed by atoms with Crippen molar-refractivity contribution < 1.29 is 14.6 Å². The predicted molar refractivity (Wildman–Crippen MR) is 82.6 cm³/mol. The van der Waals surface area contributed by atoms with Crippen LogP contribution in [0.5, 0.6) is 5.75 Å². The molecular formula is C17H25NO3. The van der Waals surface area contributed by atoms with Gasteiger partial charge < -0.3 is 15.2 Å². The van der Waals surface area contributed by atoms with Gasteiger partial charge in [0.25, 0.3) is 5.91 Å². The highest BCUT2D eigenvalue weighted by atomic mass is 16.5. The Bertz CT molecular complexity index is 450. The van der Waals surface area contributed by atoms with E-state index < -0.39 is 5.60 Å². The lowest BCUT2D eigenvalue weighted by Crippen LogP contribution is -2.44. The second kappa shape index (κ2) is 7.46. The molecule has 21 heavy (non-hydrogen) atoms. The molecule has 0 aliphatic heterocycles. The van der Waals surface area contributed by atoms with Gasteiger partial charge in [0.1, 0.15) is 5.75 Å². The Balaban J connectivity index is 1.85. The summed E-state index contributed by atoms with van der Waals surface area (Å²) in [6.07, 6.45) is 5.76. The first-order valence-corrected chi connectivity index (χ1v) is 7.86. The molecule has 0 radical (unpaired) electrons. The van der Waals surface area contributed by atoms with Gasteiger partial charge in [-0.05, 0) is 43.5 Å². The van der Waals surface area contributed by atoms with E-state index in [4.69, 9.17) is 4.74 Å². The Labute approximate surface area is 126 Å². The normalized spacial score (nSPS) is 17.2. The molecule has 116 valence electrons. The van der Waals surface area contributed by atoms with E-state index in [9.17, 15) is 9.90 Å². The fraction of sp³-hybridized carbons (Fsp3) is 0.588. The zero-order valence-electron chi connectivity index (χ0n) is 12.7. The van der Waals surface area contributed by atoms with Crippen LogP contribution >= 0.6 is 0 Å². The van der Waals surface area contributed by atoms with Gasteiger partial charge in [-0.3, -0.25) is 4.79 Å². The number of carbonyl (C=O) groups is 1. The molecule has 4 heteroatoms. The van der Waals surface area contributed by atoms with E-state index in [0.717, 1.165) is 37.9 Å². The molecule has 0 aromatic heterocycles. The van der Waals surface area contributed by atoms with E-state index in [2.05, 4.69) is 12.2 Å². The van der Waals surface area contributed by atoms with Crippen LogP contribution in [-0.4, -0.2) is 29.8 Å². The van der Waals surface area contributed by atoms with E-state index in [0.29, 0.717) is 18.7 Å². The topological polar surface area (TPSA) is 58.6 Å². The first-order chi connectivity index (χ1) is 10.1. The van der Waals surface area contributed by atoms with Crippen molar-refractivity contribution in [2.24, 2.45) is 0 Å². The lowest BCUT2D eigenvalue weighted by Gasteiger charge is -2.32. The molecular weight excluding hydrogens is 266 g/mol. The molecule has 4 nitrogen and oxygen atoms in total. The summed E-state index contributed by atoms with van der Waals surface area (Å²) in [4.78, 5) is 12.1. The van der Waals surface area contributed by atoms with Crippen molar-refractivity contribution in [1.29, 1.82) is 0 Å². The summed E-state index contributed by atoms with van der Waals surface area (Å²) in [7, 11) is 0. The highest BCUT2D eigenvalue weighted by Gasteiger charge is 2.29. The maximum atomic E-state index is 12.1. The van der Waals surface area contributed by atoms with Crippen LogP contribution in [0.15, 0.2) is 24.3 Å². The summed E-state index contributed by atoms with van der Waals surface area (Å²) in [6.45, 7) is 3.07. The number of carbonyl (C=O) groups excluding carboxylic acids is 1. The molecule has 2 rings (SSSR count). The molecule has 2 N–H and O–H groups in total. The quantitative estimate of drug-likeness (QED) is 0.847. The lowest BCUT2D eigenvalue weighted by molar-refractivity contribution is 0.00525. The molecule has 1 aromatic rings. The molecule has 1 aromatic carbocycles. The Hall–Kier alpha value is -1.55. The monoisotopic (exact) mass is 291 g/mol. The van der Waals surface area contributed by atoms with Crippen LogP contribution in [0.2, 0.25) is 0 Å². The van der Waals surface area contributed by atoms with Gasteiger partial charge >= 0.3 is 0 Å². The van der Waals surface area contributed by atoms with E-state index >= 15 is 0 Å². The molecule has 0 heterocycles. The molecule has 1 saturated carbocycles. The molecule has 1 aliphatic carbocycles. The smallest absolute Gasteiger partial charge is 0.251 e. The third-order valence-electron chi connectivity index (χ3n) is 3.95. The maximum Gasteiger partial charge on any atom is 0.251 e. The van der Waals surface area contributed by atoms with Crippen LogP contribution in [-0.2, 0) is 0 Å². The van der Waals surface area contributed by atoms with Crippen LogP contribution < -0.4 is 10.1 Å². The van der Waals surface area contributed by atoms with Crippen molar-refractivity contribution in [1.82, 2.24) is 5.32 Å². The van der Waals surface area contributed by atoms with Crippen molar-refractivity contribution in [2.75, 3.05) is 13.2 Å². The van der Waals surface area contributed by atoms with Crippen LogP contribution in [0, 0.1) is 0 Å². The van der Waals surface area contributed by atoms with Crippen LogP contribution in [0.25, 0.3) is 0 Å². The average Bonchev–Trinajstić information content (AvgIpc) is 2.52. The number of hydrogen-bond acceptors (Lipinski definition) is 3. The van der Waals surface area contributed by atoms with Gasteiger partial charge in [-0.1, -0.05) is 26.2 Å². The lowest BCUT2D eigenvalue weighted by atomic mass is 9.85. The first kappa shape index (κ1) is 15.8. The van der Waals surface area contributed by atoms with Crippen molar-refractivity contribution in [2.45, 2.75) is 51.0 Å². The molecule has 0 bridgehead atoms. The Morgan fingerprint density at radius 2 is 1.90 bits per heavy atom. The van der Waals surface area contributed by atoms with Crippen molar-refractivity contribution in [3.63, 3.8) is 0 Å². The summed E-state index contributed by atoms with van der Waals surface area (Å²) in [5, 5.41) is 13.2. The molecule has 1 amide bonds. The molecule has 1 fully saturated rings. The van der Waals surface area contributed by atoms with E-state index in [1.807, 2.05) is 0 Å². The van der Waals surface area contributed by atoms with Crippen LogP contribution in [0.3, 0.4) is 0 Å². The summed E-state index contributed by atoms with van der Waals surface area (Å²) in [6, 6.07) is 7.12. The molecule has 0 atom stereocenters. The second-order valence-electron chi connectivity index (χ2n) is 5.84. The second-order valence-corrected chi connectivity index (χ2v) is 5.84. The van der Waals surface area contributed by atoms with Crippen LogP contribution in [0.4, 0.5) is 0 Å². The van der Waals surface area contributed by atoms with Gasteiger partial charge in [-0.15, -0.1) is 0 Å². The van der Waals surface area contributed by atoms with E-state index in [-0.39, 0.29) is 5.91 Å². The zero-order chi connectivity index (χ0) is 15.1. The summed E-state index contributed by atoms with van der Waals surface area (Å²) < 4.78 is 5.49. The number of ether oxygens (including phenoxy) is 1. The van der Waals surface area contributed by atoms with Crippen molar-refractivity contribution in [3.05, 3.63) is 29.8 Å². The maximum absolute atomic E-state index is 12.1. The fourth-order valence-electron chi connectivity index (χ4n) is 2.66. The Morgan fingerprint density at radius 1 is 1.24 bits per heavy atom. The SMILES string of the molecule is CCCOc1ccc(C(=O)NCC2(O)CCCCC2)cc1. The molecule has 0 saturated heterocycles. The number of benzene rings is 1. The summed E-state index contributed by atoms with van der Waals surface area (Å²) >= 11 is 0. The van der Waals surface area contributed by atoms with Gasteiger partial charge in [-0.2, -0.15) is 0 Å². The molecule has 0 spiro atoms. The van der Waals surface area contributed by atoms with E-state index in [1.54, 1.807) is 24.3 Å². The molecule has 0 unspecified atom stereocenters. The molecule has 1 aliphatic rings. The highest BCUT2D eigenvalue weighted by Crippen LogP contribution is 2.27. The third-order valence-corrected chi connectivity index (χ3v) is 3.95. The average molecular weight is 291 g/mol. The van der Waals surface area contributed by atoms with E-state index in [1.165, 1.54) is 6.42 Å². The highest BCUT2D eigenvalue weighted by molar-refractivity contribution is 5.94. The fourth-order valence-corrected chi connectivity index (χ4v) is 2.66. The van der Waals surface area contributed by atoms with Crippen molar-refractivity contribution >= 4 is 5.91 Å². The summed E-state index contributed by atoms with van der Waals surface area (Å²) in [5.74, 6) is 0.635. The largest absolute Gasteiger partial charge is 0.494 e. The van der Waals surface area contributed by atoms with Gasteiger partial charge in [0, 0.05) is 12.1 Å². The number of hydrogen-bond donors (Lipinski definition) is 2. The number of nitrogens with one attached hydrogen (secondary N) is 1.